The Morgan fingerprint density at radius 3 is 2.59 bits per heavy atom. The number of aromatic nitrogens is 2. The van der Waals surface area contributed by atoms with Crippen molar-refractivity contribution in [3.63, 3.8) is 0 Å². The van der Waals surface area contributed by atoms with Crippen LogP contribution in [0.1, 0.15) is 38.4 Å². The molecule has 1 fully saturated rings. The molecule has 0 spiro atoms. The number of hydrogen-bond donors (Lipinski definition) is 1. The van der Waals surface area contributed by atoms with Crippen LogP contribution in [-0.2, 0) is 11.2 Å². The van der Waals surface area contributed by atoms with Crippen LogP contribution in [0.2, 0.25) is 0 Å². The van der Waals surface area contributed by atoms with E-state index in [2.05, 4.69) is 36.2 Å². The van der Waals surface area contributed by atoms with E-state index in [4.69, 9.17) is 9.26 Å². The van der Waals surface area contributed by atoms with Crippen LogP contribution in [0.4, 0.5) is 0 Å². The first-order valence-corrected chi connectivity index (χ1v) is 6.26. The first-order valence-electron chi connectivity index (χ1n) is 6.26. The van der Waals surface area contributed by atoms with Gasteiger partial charge in [-0.3, -0.25) is 0 Å². The highest BCUT2D eigenvalue weighted by Crippen LogP contribution is 2.38. The van der Waals surface area contributed by atoms with Crippen molar-refractivity contribution in [2.75, 3.05) is 13.6 Å². The molecule has 1 N–H and O–H groups in total. The molecule has 5 nitrogen and oxygen atoms in total. The topological polar surface area (TPSA) is 60.2 Å². The molecule has 4 atom stereocenters. The van der Waals surface area contributed by atoms with E-state index in [9.17, 15) is 0 Å². The Bertz CT molecular complexity index is 366. The molecule has 0 amide bonds. The molecule has 0 bridgehead atoms. The molecule has 1 aromatic rings. The predicted molar refractivity (Wildman–Crippen MR) is 63.8 cm³/mol. The van der Waals surface area contributed by atoms with Crippen molar-refractivity contribution in [1.29, 1.82) is 0 Å². The zero-order valence-corrected chi connectivity index (χ0v) is 10.9. The fourth-order valence-corrected chi connectivity index (χ4v) is 2.43. The van der Waals surface area contributed by atoms with E-state index < -0.39 is 0 Å². The third-order valence-electron chi connectivity index (χ3n) is 3.61. The van der Waals surface area contributed by atoms with E-state index in [-0.39, 0.29) is 18.1 Å². The first kappa shape index (κ1) is 12.5. The second-order valence-electron chi connectivity index (χ2n) is 4.83. The predicted octanol–water partition coefficient (Wildman–Crippen LogP) is 1.36. The van der Waals surface area contributed by atoms with Gasteiger partial charge >= 0.3 is 0 Å². The molecule has 1 aromatic heterocycles. The Morgan fingerprint density at radius 1 is 1.24 bits per heavy atom. The molecule has 0 aliphatic carbocycles. The van der Waals surface area contributed by atoms with Crippen LogP contribution in [0.15, 0.2) is 4.52 Å². The molecular formula is C12H21N3O2. The monoisotopic (exact) mass is 239 g/mol. The largest absolute Gasteiger partial charge is 0.374 e. The summed E-state index contributed by atoms with van der Waals surface area (Å²) in [5, 5.41) is 7.08. The summed E-state index contributed by atoms with van der Waals surface area (Å²) in [4.78, 5) is 4.47. The molecular weight excluding hydrogens is 218 g/mol. The number of rotatable bonds is 4. The molecule has 96 valence electrons. The minimum atomic E-state index is 0.151. The molecule has 0 saturated carbocycles. The van der Waals surface area contributed by atoms with Gasteiger partial charge in [0, 0.05) is 13.0 Å². The van der Waals surface area contributed by atoms with Gasteiger partial charge in [0.1, 0.15) is 0 Å². The summed E-state index contributed by atoms with van der Waals surface area (Å²) in [6.07, 6.45) is 1.20. The smallest absolute Gasteiger partial charge is 0.232 e. The summed E-state index contributed by atoms with van der Waals surface area (Å²) in [5.41, 5.74) is 0. The Kier molecular flexibility index (Phi) is 3.79. The lowest BCUT2D eigenvalue weighted by Gasteiger charge is -2.12. The van der Waals surface area contributed by atoms with Gasteiger partial charge in [-0.05, 0) is 26.8 Å². The zero-order valence-electron chi connectivity index (χ0n) is 10.9. The average Bonchev–Trinajstić information content (AvgIpc) is 2.83. The van der Waals surface area contributed by atoms with Gasteiger partial charge in [0.05, 0.1) is 18.1 Å². The number of likely N-dealkylation sites (N-methyl/N-ethyl adjacent to an activating group) is 1. The van der Waals surface area contributed by atoms with Gasteiger partial charge in [0.2, 0.25) is 5.89 Å². The summed E-state index contributed by atoms with van der Waals surface area (Å²) in [5.74, 6) is 2.14. The summed E-state index contributed by atoms with van der Waals surface area (Å²) in [6, 6.07) is 0. The van der Waals surface area contributed by atoms with Crippen LogP contribution in [-0.4, -0.2) is 35.9 Å². The van der Waals surface area contributed by atoms with Gasteiger partial charge in [-0.1, -0.05) is 12.1 Å². The third kappa shape index (κ3) is 2.50. The van der Waals surface area contributed by atoms with Gasteiger partial charge in [-0.25, -0.2) is 0 Å². The van der Waals surface area contributed by atoms with Crippen LogP contribution < -0.4 is 5.32 Å². The molecule has 1 saturated heterocycles. The quantitative estimate of drug-likeness (QED) is 0.859. The second kappa shape index (κ2) is 5.14. The summed E-state index contributed by atoms with van der Waals surface area (Å²) in [7, 11) is 1.91. The third-order valence-corrected chi connectivity index (χ3v) is 3.61. The van der Waals surface area contributed by atoms with Crippen LogP contribution in [0.25, 0.3) is 0 Å². The fraction of sp³-hybridized carbons (Fsp3) is 0.833. The molecule has 1 aliphatic heterocycles. The summed E-state index contributed by atoms with van der Waals surface area (Å²) in [6.45, 7) is 7.21. The summed E-state index contributed by atoms with van der Waals surface area (Å²) >= 11 is 0. The van der Waals surface area contributed by atoms with Gasteiger partial charge in [0.15, 0.2) is 5.82 Å². The zero-order chi connectivity index (χ0) is 12.4. The van der Waals surface area contributed by atoms with E-state index in [1.54, 1.807) is 0 Å². The second-order valence-corrected chi connectivity index (χ2v) is 4.83. The van der Waals surface area contributed by atoms with Crippen molar-refractivity contribution in [3.05, 3.63) is 11.7 Å². The Labute approximate surface area is 102 Å². The van der Waals surface area contributed by atoms with E-state index in [0.29, 0.717) is 5.92 Å². The van der Waals surface area contributed by atoms with E-state index in [0.717, 1.165) is 24.7 Å². The van der Waals surface area contributed by atoms with E-state index in [1.807, 2.05) is 7.05 Å². The number of nitrogens with zero attached hydrogens (tertiary/aromatic N) is 2. The van der Waals surface area contributed by atoms with Gasteiger partial charge in [-0.15, -0.1) is 0 Å². The van der Waals surface area contributed by atoms with Crippen molar-refractivity contribution in [1.82, 2.24) is 15.5 Å². The van der Waals surface area contributed by atoms with E-state index >= 15 is 0 Å². The lowest BCUT2D eigenvalue weighted by atomic mass is 9.89. The highest BCUT2D eigenvalue weighted by atomic mass is 16.5. The maximum atomic E-state index is 5.79. The Balaban J connectivity index is 2.09. The molecule has 17 heavy (non-hydrogen) atoms. The number of hydrogen-bond acceptors (Lipinski definition) is 5. The average molecular weight is 239 g/mol. The SMILES string of the molecule is CNCCc1noc(C2C(C)OC(C)C2C)n1. The number of nitrogens with one attached hydrogen (secondary N) is 1. The Hall–Kier alpha value is -0.940. The van der Waals surface area contributed by atoms with Crippen molar-refractivity contribution in [2.24, 2.45) is 5.92 Å². The maximum absolute atomic E-state index is 5.79. The van der Waals surface area contributed by atoms with Crippen LogP contribution >= 0.6 is 0 Å². The fourth-order valence-electron chi connectivity index (χ4n) is 2.43. The van der Waals surface area contributed by atoms with Gasteiger partial charge < -0.3 is 14.6 Å². The van der Waals surface area contributed by atoms with Crippen LogP contribution in [0.3, 0.4) is 0 Å². The maximum Gasteiger partial charge on any atom is 0.232 e. The molecule has 5 heteroatoms. The van der Waals surface area contributed by atoms with Crippen molar-refractivity contribution >= 4 is 0 Å². The Morgan fingerprint density at radius 2 is 2.00 bits per heavy atom. The number of ether oxygens (including phenoxy) is 1. The molecule has 2 rings (SSSR count). The molecule has 1 aliphatic rings. The standard InChI is InChI=1S/C12H21N3O2/c1-7-8(2)16-9(3)11(7)12-14-10(15-17-12)5-6-13-4/h7-9,11,13H,5-6H2,1-4H3. The van der Waals surface area contributed by atoms with Crippen molar-refractivity contribution in [2.45, 2.75) is 45.3 Å². The van der Waals surface area contributed by atoms with E-state index in [1.165, 1.54) is 0 Å². The minimum Gasteiger partial charge on any atom is -0.374 e. The summed E-state index contributed by atoms with van der Waals surface area (Å²) < 4.78 is 11.2. The van der Waals surface area contributed by atoms with Crippen LogP contribution in [0, 0.1) is 5.92 Å². The van der Waals surface area contributed by atoms with Crippen LogP contribution in [0.5, 0.6) is 0 Å². The lowest BCUT2D eigenvalue weighted by molar-refractivity contribution is 0.0542. The molecule has 2 heterocycles. The van der Waals surface area contributed by atoms with Gasteiger partial charge in [-0.2, -0.15) is 4.98 Å². The highest BCUT2D eigenvalue weighted by molar-refractivity contribution is 5.03. The molecule has 4 unspecified atom stereocenters. The normalized spacial score (nSPS) is 33.2. The van der Waals surface area contributed by atoms with Crippen molar-refractivity contribution < 1.29 is 9.26 Å². The highest BCUT2D eigenvalue weighted by Gasteiger charge is 2.41. The molecule has 0 radical (unpaired) electrons. The van der Waals surface area contributed by atoms with Gasteiger partial charge in [0.25, 0.3) is 0 Å². The minimum absolute atomic E-state index is 0.151. The molecule has 0 aromatic carbocycles. The van der Waals surface area contributed by atoms with Crippen molar-refractivity contribution in [3.8, 4) is 0 Å². The first-order chi connectivity index (χ1) is 8.13. The lowest BCUT2D eigenvalue weighted by Crippen LogP contribution is -2.16.